The van der Waals surface area contributed by atoms with Crippen molar-refractivity contribution < 1.29 is 14.4 Å². The van der Waals surface area contributed by atoms with Crippen molar-refractivity contribution in [2.45, 2.75) is 19.7 Å². The molecule has 0 aliphatic rings. The normalized spacial score (nSPS) is 10.6. The number of methoxy groups -OCH3 is 1. The highest BCUT2D eigenvalue weighted by Gasteiger charge is 2.12. The molecule has 0 fully saturated rings. The van der Waals surface area contributed by atoms with Crippen LogP contribution in [0.25, 0.3) is 0 Å². The van der Waals surface area contributed by atoms with E-state index >= 15 is 0 Å². The summed E-state index contributed by atoms with van der Waals surface area (Å²) >= 11 is 9.78. The second-order valence-corrected chi connectivity index (χ2v) is 7.76. The predicted octanol–water partition coefficient (Wildman–Crippen LogP) is 5.89. The number of hydrogen-bond donors (Lipinski definition) is 1. The number of nitro groups is 1. The van der Waals surface area contributed by atoms with Crippen molar-refractivity contribution in [1.29, 1.82) is 0 Å². The fourth-order valence-electron chi connectivity index (χ4n) is 2.83. The molecule has 0 aromatic heterocycles. The first kappa shape index (κ1) is 22.1. The molecule has 3 rings (SSSR count). The number of benzene rings is 3. The Morgan fingerprint density at radius 1 is 1.03 bits per heavy atom. The van der Waals surface area contributed by atoms with Crippen LogP contribution in [0, 0.1) is 10.1 Å². The monoisotopic (exact) mass is 490 g/mol. The molecule has 6 nitrogen and oxygen atoms in total. The summed E-state index contributed by atoms with van der Waals surface area (Å²) in [7, 11) is 1.59. The van der Waals surface area contributed by atoms with E-state index in [2.05, 4.69) is 21.2 Å². The number of halogens is 2. The van der Waals surface area contributed by atoms with Crippen molar-refractivity contribution in [2.24, 2.45) is 0 Å². The van der Waals surface area contributed by atoms with Gasteiger partial charge in [-0.05, 0) is 47.0 Å². The van der Waals surface area contributed by atoms with Crippen LogP contribution in [0.2, 0.25) is 5.02 Å². The third-order valence-electron chi connectivity index (χ3n) is 4.46. The van der Waals surface area contributed by atoms with E-state index < -0.39 is 4.92 Å². The Hall–Kier alpha value is -2.61. The Balaban J connectivity index is 1.64. The van der Waals surface area contributed by atoms with E-state index in [1.54, 1.807) is 19.2 Å². The van der Waals surface area contributed by atoms with Gasteiger partial charge in [-0.25, -0.2) is 0 Å². The average molecular weight is 492 g/mol. The van der Waals surface area contributed by atoms with Crippen LogP contribution < -0.4 is 14.8 Å². The molecule has 0 amide bonds. The van der Waals surface area contributed by atoms with Crippen LogP contribution in [0.3, 0.4) is 0 Å². The van der Waals surface area contributed by atoms with Crippen LogP contribution in [-0.4, -0.2) is 12.0 Å². The molecule has 8 heteroatoms. The smallest absolute Gasteiger partial charge is 0.269 e. The number of nitrogens with one attached hydrogen (secondary N) is 1. The second-order valence-electron chi connectivity index (χ2n) is 6.50. The lowest BCUT2D eigenvalue weighted by Gasteiger charge is -2.15. The van der Waals surface area contributed by atoms with E-state index in [9.17, 15) is 10.1 Å². The minimum atomic E-state index is -0.427. The zero-order valence-corrected chi connectivity index (χ0v) is 18.6. The fraction of sp³-hybridized carbons (Fsp3) is 0.182. The average Bonchev–Trinajstić information content (AvgIpc) is 2.75. The van der Waals surface area contributed by atoms with Crippen LogP contribution >= 0.6 is 27.5 Å². The topological polar surface area (TPSA) is 73.6 Å². The van der Waals surface area contributed by atoms with Gasteiger partial charge in [-0.2, -0.15) is 0 Å². The van der Waals surface area contributed by atoms with E-state index in [0.717, 1.165) is 26.2 Å². The summed E-state index contributed by atoms with van der Waals surface area (Å²) in [4.78, 5) is 10.3. The first-order valence-electron chi connectivity index (χ1n) is 9.14. The number of non-ortho nitro benzene ring substituents is 1. The minimum Gasteiger partial charge on any atom is -0.493 e. The van der Waals surface area contributed by atoms with Crippen molar-refractivity contribution in [3.05, 3.63) is 97.0 Å². The minimum absolute atomic E-state index is 0.0488. The molecule has 0 aliphatic heterocycles. The van der Waals surface area contributed by atoms with Gasteiger partial charge in [0.1, 0.15) is 6.61 Å². The SMILES string of the molecule is COc1cc(CNCc2ccccc2Cl)c(Br)cc1OCc1ccc([N+](=O)[O-])cc1. The number of nitrogens with zero attached hydrogens (tertiary/aromatic N) is 1. The van der Waals surface area contributed by atoms with E-state index in [1.807, 2.05) is 36.4 Å². The van der Waals surface area contributed by atoms with Gasteiger partial charge in [0.2, 0.25) is 0 Å². The summed E-state index contributed by atoms with van der Waals surface area (Å²) in [5, 5.41) is 14.9. The lowest BCUT2D eigenvalue weighted by atomic mass is 10.1. The van der Waals surface area contributed by atoms with Crippen LogP contribution in [0.1, 0.15) is 16.7 Å². The molecule has 0 heterocycles. The maximum absolute atomic E-state index is 10.8. The summed E-state index contributed by atoms with van der Waals surface area (Å²) in [5.74, 6) is 1.19. The van der Waals surface area contributed by atoms with Crippen LogP contribution in [0.4, 0.5) is 5.69 Å². The van der Waals surface area contributed by atoms with Crippen molar-refractivity contribution in [3.63, 3.8) is 0 Å². The lowest BCUT2D eigenvalue weighted by Crippen LogP contribution is -2.13. The Bertz CT molecular complexity index is 1030. The molecule has 3 aromatic carbocycles. The molecule has 3 aromatic rings. The molecule has 30 heavy (non-hydrogen) atoms. The van der Waals surface area contributed by atoms with Gasteiger partial charge in [0.05, 0.1) is 12.0 Å². The molecule has 0 spiro atoms. The molecule has 0 atom stereocenters. The number of hydrogen-bond acceptors (Lipinski definition) is 5. The fourth-order valence-corrected chi connectivity index (χ4v) is 3.50. The quantitative estimate of drug-likeness (QED) is 0.298. The predicted molar refractivity (Wildman–Crippen MR) is 120 cm³/mol. The van der Waals surface area contributed by atoms with Gasteiger partial charge < -0.3 is 14.8 Å². The third-order valence-corrected chi connectivity index (χ3v) is 5.57. The molecule has 156 valence electrons. The lowest BCUT2D eigenvalue weighted by molar-refractivity contribution is -0.384. The molecular formula is C22H20BrClN2O4. The molecular weight excluding hydrogens is 472 g/mol. The van der Waals surface area contributed by atoms with Gasteiger partial charge >= 0.3 is 0 Å². The van der Waals surface area contributed by atoms with E-state index in [1.165, 1.54) is 12.1 Å². The summed E-state index contributed by atoms with van der Waals surface area (Å²) in [6.45, 7) is 1.53. The highest BCUT2D eigenvalue weighted by molar-refractivity contribution is 9.10. The third kappa shape index (κ3) is 5.72. The first-order chi connectivity index (χ1) is 14.5. The largest absolute Gasteiger partial charge is 0.493 e. The maximum atomic E-state index is 10.8. The van der Waals surface area contributed by atoms with Gasteiger partial charge in [0.15, 0.2) is 11.5 Å². The molecule has 1 N–H and O–H groups in total. The highest BCUT2D eigenvalue weighted by Crippen LogP contribution is 2.34. The van der Waals surface area contributed by atoms with E-state index in [-0.39, 0.29) is 12.3 Å². The number of ether oxygens (including phenoxy) is 2. The van der Waals surface area contributed by atoms with Crippen molar-refractivity contribution in [3.8, 4) is 11.5 Å². The van der Waals surface area contributed by atoms with E-state index in [0.29, 0.717) is 24.6 Å². The van der Waals surface area contributed by atoms with Crippen LogP contribution in [-0.2, 0) is 19.7 Å². The number of rotatable bonds is 9. The van der Waals surface area contributed by atoms with Gasteiger partial charge in [0.25, 0.3) is 5.69 Å². The Morgan fingerprint density at radius 2 is 1.73 bits per heavy atom. The Labute approximate surface area is 188 Å². The summed E-state index contributed by atoms with van der Waals surface area (Å²) in [5.41, 5.74) is 2.92. The second kappa shape index (κ2) is 10.4. The van der Waals surface area contributed by atoms with Crippen LogP contribution in [0.15, 0.2) is 65.1 Å². The zero-order chi connectivity index (χ0) is 21.5. The standard InChI is InChI=1S/C22H20BrClN2O4/c1-29-21-10-17(13-25-12-16-4-2-3-5-20(16)24)19(23)11-22(21)30-14-15-6-8-18(9-7-15)26(27)28/h2-11,25H,12-14H2,1H3. The Morgan fingerprint density at radius 3 is 2.40 bits per heavy atom. The number of nitro benzene ring substituents is 1. The summed E-state index contributed by atoms with van der Waals surface area (Å²) < 4.78 is 12.2. The zero-order valence-electron chi connectivity index (χ0n) is 16.2. The Kier molecular flexibility index (Phi) is 7.68. The molecule has 0 aliphatic carbocycles. The molecule has 0 saturated carbocycles. The van der Waals surface area contributed by atoms with Gasteiger partial charge in [-0.1, -0.05) is 45.7 Å². The van der Waals surface area contributed by atoms with Crippen molar-refractivity contribution in [2.75, 3.05) is 7.11 Å². The molecule has 0 radical (unpaired) electrons. The maximum Gasteiger partial charge on any atom is 0.269 e. The van der Waals surface area contributed by atoms with E-state index in [4.69, 9.17) is 21.1 Å². The highest BCUT2D eigenvalue weighted by atomic mass is 79.9. The van der Waals surface area contributed by atoms with Gasteiger partial charge in [-0.3, -0.25) is 10.1 Å². The summed E-state index contributed by atoms with van der Waals surface area (Å²) in [6.07, 6.45) is 0. The molecule has 0 unspecified atom stereocenters. The molecule has 0 bridgehead atoms. The summed E-state index contributed by atoms with van der Waals surface area (Å²) in [6, 6.07) is 17.8. The van der Waals surface area contributed by atoms with Crippen molar-refractivity contribution >= 4 is 33.2 Å². The van der Waals surface area contributed by atoms with Gasteiger partial charge in [-0.15, -0.1) is 0 Å². The van der Waals surface area contributed by atoms with Gasteiger partial charge in [0, 0.05) is 34.7 Å². The van der Waals surface area contributed by atoms with Crippen LogP contribution in [0.5, 0.6) is 11.5 Å². The molecule has 0 saturated heterocycles. The first-order valence-corrected chi connectivity index (χ1v) is 10.3. The van der Waals surface area contributed by atoms with Crippen molar-refractivity contribution in [1.82, 2.24) is 5.32 Å².